The second-order valence-electron chi connectivity index (χ2n) is 6.50. The van der Waals surface area contributed by atoms with Crippen molar-refractivity contribution in [1.82, 2.24) is 4.90 Å². The summed E-state index contributed by atoms with van der Waals surface area (Å²) >= 11 is 0. The first-order valence-electron chi connectivity index (χ1n) is 7.52. The van der Waals surface area contributed by atoms with Gasteiger partial charge in [-0.25, -0.2) is 0 Å². The number of likely N-dealkylation sites (tertiary alicyclic amines) is 1. The summed E-state index contributed by atoms with van der Waals surface area (Å²) in [6.07, 6.45) is 4.33. The fraction of sp³-hybridized carbons (Fsp3) is 0.500. The van der Waals surface area contributed by atoms with Gasteiger partial charge in [-0.2, -0.15) is 0 Å². The summed E-state index contributed by atoms with van der Waals surface area (Å²) in [6.45, 7) is 10.0. The van der Waals surface area contributed by atoms with Crippen molar-refractivity contribution in [2.45, 2.75) is 33.1 Å². The second kappa shape index (κ2) is 6.33. The van der Waals surface area contributed by atoms with Crippen LogP contribution in [0.5, 0.6) is 5.75 Å². The predicted octanol–water partition coefficient (Wildman–Crippen LogP) is 3.53. The third-order valence-corrected chi connectivity index (χ3v) is 4.35. The van der Waals surface area contributed by atoms with E-state index in [1.807, 2.05) is 23.1 Å². The molecule has 0 aromatic heterocycles. The van der Waals surface area contributed by atoms with Crippen LogP contribution in [0.1, 0.15) is 37.8 Å². The molecule has 2 rings (SSSR count). The number of benzene rings is 1. The molecule has 0 aliphatic carbocycles. The Hall–Kier alpha value is -1.77. The molecule has 3 heteroatoms. The van der Waals surface area contributed by atoms with Crippen LogP contribution in [0.4, 0.5) is 0 Å². The number of nitrogens with zero attached hydrogens (tertiary/aromatic N) is 1. The van der Waals surface area contributed by atoms with Crippen molar-refractivity contribution in [3.8, 4) is 5.75 Å². The summed E-state index contributed by atoms with van der Waals surface area (Å²) in [5.41, 5.74) is 2.31. The highest BCUT2D eigenvalue weighted by molar-refractivity contribution is 5.80. The normalized spacial score (nSPS) is 17.4. The average molecular weight is 287 g/mol. The van der Waals surface area contributed by atoms with Crippen LogP contribution >= 0.6 is 0 Å². The molecule has 1 heterocycles. The molecule has 0 radical (unpaired) electrons. The van der Waals surface area contributed by atoms with E-state index in [4.69, 9.17) is 4.74 Å². The number of carbonyl (C=O) groups is 1. The van der Waals surface area contributed by atoms with E-state index in [2.05, 4.69) is 20.4 Å². The van der Waals surface area contributed by atoms with Gasteiger partial charge in [0.05, 0.1) is 13.5 Å². The lowest BCUT2D eigenvalue weighted by Gasteiger charge is -2.37. The van der Waals surface area contributed by atoms with Crippen LogP contribution in [0.15, 0.2) is 24.8 Å². The largest absolute Gasteiger partial charge is 0.496 e. The smallest absolute Gasteiger partial charge is 0.227 e. The van der Waals surface area contributed by atoms with E-state index in [0.717, 1.165) is 42.8 Å². The Balaban J connectivity index is 2.07. The number of amides is 1. The fourth-order valence-electron chi connectivity index (χ4n) is 2.70. The van der Waals surface area contributed by atoms with Gasteiger partial charge in [0, 0.05) is 18.7 Å². The van der Waals surface area contributed by atoms with Gasteiger partial charge >= 0.3 is 0 Å². The van der Waals surface area contributed by atoms with Crippen molar-refractivity contribution in [2.24, 2.45) is 5.41 Å². The second-order valence-corrected chi connectivity index (χ2v) is 6.50. The summed E-state index contributed by atoms with van der Waals surface area (Å²) in [5.74, 6) is 0.955. The van der Waals surface area contributed by atoms with Gasteiger partial charge in [0.2, 0.25) is 5.91 Å². The number of ether oxygens (including phenoxy) is 1. The highest BCUT2D eigenvalue weighted by Gasteiger charge is 2.28. The molecule has 1 aromatic rings. The Bertz CT molecular complexity index is 524. The van der Waals surface area contributed by atoms with Gasteiger partial charge in [-0.15, -0.1) is 0 Å². The number of methoxy groups -OCH3 is 1. The third-order valence-electron chi connectivity index (χ3n) is 4.35. The lowest BCUT2D eigenvalue weighted by molar-refractivity contribution is -0.132. The van der Waals surface area contributed by atoms with Crippen LogP contribution < -0.4 is 4.74 Å². The lowest BCUT2D eigenvalue weighted by atomic mass is 9.82. The maximum Gasteiger partial charge on any atom is 0.227 e. The van der Waals surface area contributed by atoms with Crippen LogP contribution in [0.2, 0.25) is 0 Å². The molecule has 0 saturated carbocycles. The van der Waals surface area contributed by atoms with Gasteiger partial charge < -0.3 is 9.64 Å². The molecule has 0 unspecified atom stereocenters. The zero-order valence-electron chi connectivity index (χ0n) is 13.3. The predicted molar refractivity (Wildman–Crippen MR) is 86.4 cm³/mol. The van der Waals surface area contributed by atoms with Gasteiger partial charge in [-0.3, -0.25) is 4.79 Å². The summed E-state index contributed by atoms with van der Waals surface area (Å²) in [4.78, 5) is 14.5. The first kappa shape index (κ1) is 15.6. The highest BCUT2D eigenvalue weighted by Crippen LogP contribution is 2.30. The van der Waals surface area contributed by atoms with E-state index >= 15 is 0 Å². The van der Waals surface area contributed by atoms with Crippen LogP contribution in [0, 0.1) is 5.41 Å². The van der Waals surface area contributed by atoms with Crippen molar-refractivity contribution >= 4 is 12.0 Å². The molecular formula is C18H25NO2. The minimum Gasteiger partial charge on any atom is -0.496 e. The van der Waals surface area contributed by atoms with E-state index in [0.29, 0.717) is 11.8 Å². The quantitative estimate of drug-likeness (QED) is 0.848. The maximum atomic E-state index is 12.5. The van der Waals surface area contributed by atoms with E-state index in [1.54, 1.807) is 13.2 Å². The molecule has 1 aliphatic rings. The lowest BCUT2D eigenvalue weighted by Crippen LogP contribution is -2.41. The zero-order valence-corrected chi connectivity index (χ0v) is 13.3. The summed E-state index contributed by atoms with van der Waals surface area (Å²) in [7, 11) is 1.64. The monoisotopic (exact) mass is 287 g/mol. The van der Waals surface area contributed by atoms with Gasteiger partial charge in [-0.05, 0) is 36.0 Å². The maximum absolute atomic E-state index is 12.5. The summed E-state index contributed by atoms with van der Waals surface area (Å²) in [6, 6.07) is 5.83. The van der Waals surface area contributed by atoms with Gasteiger partial charge in [-0.1, -0.05) is 32.6 Å². The van der Waals surface area contributed by atoms with Gasteiger partial charge in [0.1, 0.15) is 5.75 Å². The summed E-state index contributed by atoms with van der Waals surface area (Å²) in [5, 5.41) is 0. The number of rotatable bonds is 4. The molecule has 1 saturated heterocycles. The topological polar surface area (TPSA) is 29.5 Å². The van der Waals surface area contributed by atoms with Gasteiger partial charge in [0.15, 0.2) is 0 Å². The highest BCUT2D eigenvalue weighted by atomic mass is 16.5. The Morgan fingerprint density at radius 3 is 2.62 bits per heavy atom. The molecule has 0 N–H and O–H groups in total. The number of piperidine rings is 1. The van der Waals surface area contributed by atoms with Gasteiger partial charge in [0.25, 0.3) is 0 Å². The van der Waals surface area contributed by atoms with Crippen molar-refractivity contribution in [3.63, 3.8) is 0 Å². The third kappa shape index (κ3) is 3.87. The first-order chi connectivity index (χ1) is 9.95. The standard InChI is InChI=1S/C18H25NO2/c1-5-14-6-7-16(21-4)15(12-14)13-17(20)19-10-8-18(2,3)9-11-19/h5-7,12H,1,8-11,13H2,2-4H3. The summed E-state index contributed by atoms with van der Waals surface area (Å²) < 4.78 is 5.36. The molecule has 1 amide bonds. The van der Waals surface area contributed by atoms with E-state index in [-0.39, 0.29) is 5.91 Å². The molecule has 0 atom stereocenters. The average Bonchev–Trinajstić information content (AvgIpc) is 2.46. The first-order valence-corrected chi connectivity index (χ1v) is 7.52. The number of carbonyl (C=O) groups excluding carboxylic acids is 1. The SMILES string of the molecule is C=Cc1ccc(OC)c(CC(=O)N2CCC(C)(C)CC2)c1. The molecule has 0 spiro atoms. The van der Waals surface area contributed by atoms with Crippen molar-refractivity contribution in [3.05, 3.63) is 35.9 Å². The Kier molecular flexibility index (Phi) is 4.71. The minimum atomic E-state index is 0.185. The van der Waals surface area contributed by atoms with Crippen LogP contribution in [-0.2, 0) is 11.2 Å². The van der Waals surface area contributed by atoms with Crippen molar-refractivity contribution in [2.75, 3.05) is 20.2 Å². The Morgan fingerprint density at radius 1 is 1.38 bits per heavy atom. The molecule has 21 heavy (non-hydrogen) atoms. The Morgan fingerprint density at radius 2 is 2.05 bits per heavy atom. The van der Waals surface area contributed by atoms with E-state index in [9.17, 15) is 4.79 Å². The zero-order chi connectivity index (χ0) is 15.5. The molecule has 1 aromatic carbocycles. The fourth-order valence-corrected chi connectivity index (χ4v) is 2.70. The van der Waals surface area contributed by atoms with E-state index in [1.165, 1.54) is 0 Å². The van der Waals surface area contributed by atoms with Crippen LogP contribution in [-0.4, -0.2) is 31.0 Å². The van der Waals surface area contributed by atoms with Crippen molar-refractivity contribution < 1.29 is 9.53 Å². The molecule has 0 bridgehead atoms. The minimum absolute atomic E-state index is 0.185. The molecule has 3 nitrogen and oxygen atoms in total. The number of hydrogen-bond donors (Lipinski definition) is 0. The molecular weight excluding hydrogens is 262 g/mol. The van der Waals surface area contributed by atoms with Crippen molar-refractivity contribution in [1.29, 1.82) is 0 Å². The molecule has 1 aliphatic heterocycles. The van der Waals surface area contributed by atoms with E-state index < -0.39 is 0 Å². The molecule has 1 fully saturated rings. The Labute approximate surface area is 127 Å². The number of hydrogen-bond acceptors (Lipinski definition) is 2. The van der Waals surface area contributed by atoms with Crippen LogP contribution in [0.3, 0.4) is 0 Å². The molecule has 114 valence electrons. The van der Waals surface area contributed by atoms with Crippen LogP contribution in [0.25, 0.3) is 6.08 Å².